The van der Waals surface area contributed by atoms with Crippen LogP contribution in [0.15, 0.2) is 57.4 Å². The van der Waals surface area contributed by atoms with Crippen LogP contribution in [0.1, 0.15) is 12.5 Å². The Bertz CT molecular complexity index is 740. The Labute approximate surface area is 132 Å². The molecule has 2 aromatic rings. The minimum absolute atomic E-state index is 0.162. The molecule has 0 saturated carbocycles. The number of benzene rings is 2. The van der Waals surface area contributed by atoms with Crippen molar-refractivity contribution in [3.8, 4) is 0 Å². The van der Waals surface area contributed by atoms with Gasteiger partial charge in [0.05, 0.1) is 17.1 Å². The number of hydrogen-bond acceptors (Lipinski definition) is 4. The summed E-state index contributed by atoms with van der Waals surface area (Å²) in [6.45, 7) is 1.91. The summed E-state index contributed by atoms with van der Waals surface area (Å²) in [5.74, 6) is 0. The summed E-state index contributed by atoms with van der Waals surface area (Å²) < 4.78 is 0. The van der Waals surface area contributed by atoms with Crippen LogP contribution >= 0.6 is 24.0 Å². The molecule has 0 atom stereocenters. The molecule has 0 amide bonds. The zero-order valence-electron chi connectivity index (χ0n) is 11.4. The molecule has 1 aliphatic rings. The first-order valence-corrected chi connectivity index (χ1v) is 7.64. The highest BCUT2D eigenvalue weighted by molar-refractivity contribution is 7.99. The highest BCUT2D eigenvalue weighted by atomic mass is 32.2. The molecule has 1 heterocycles. The van der Waals surface area contributed by atoms with Crippen LogP contribution in [0.3, 0.4) is 0 Å². The quantitative estimate of drug-likeness (QED) is 0.384. The smallest absolute Gasteiger partial charge is 0.184 e. The number of para-hydroxylation sites is 1. The van der Waals surface area contributed by atoms with Gasteiger partial charge in [0, 0.05) is 9.79 Å². The molecule has 3 rings (SSSR count). The third-order valence-electron chi connectivity index (χ3n) is 3.11. The Hall–Kier alpha value is -2.05. The van der Waals surface area contributed by atoms with E-state index < -0.39 is 0 Å². The lowest BCUT2D eigenvalue weighted by Crippen LogP contribution is -2.25. The van der Waals surface area contributed by atoms with Gasteiger partial charge in [-0.05, 0) is 49.0 Å². The van der Waals surface area contributed by atoms with Gasteiger partial charge in [0.25, 0.3) is 0 Å². The SMILES string of the molecule is CC(=NNC(N)=S)c1ccc2c(c1)Nc1ccccc1S2. The van der Waals surface area contributed by atoms with E-state index in [0.717, 1.165) is 22.6 Å². The van der Waals surface area contributed by atoms with Gasteiger partial charge in [-0.2, -0.15) is 5.10 Å². The van der Waals surface area contributed by atoms with E-state index >= 15 is 0 Å². The van der Waals surface area contributed by atoms with Gasteiger partial charge < -0.3 is 11.1 Å². The zero-order valence-corrected chi connectivity index (χ0v) is 13.0. The Kier molecular flexibility index (Phi) is 3.81. The van der Waals surface area contributed by atoms with Gasteiger partial charge in [0.2, 0.25) is 0 Å². The largest absolute Gasteiger partial charge is 0.375 e. The van der Waals surface area contributed by atoms with E-state index in [2.05, 4.69) is 40.1 Å². The summed E-state index contributed by atoms with van der Waals surface area (Å²) in [5.41, 5.74) is 12.1. The molecule has 0 radical (unpaired) electrons. The molecule has 0 aromatic heterocycles. The topological polar surface area (TPSA) is 62.4 Å². The summed E-state index contributed by atoms with van der Waals surface area (Å²) in [4.78, 5) is 2.44. The molecule has 0 aliphatic carbocycles. The molecule has 21 heavy (non-hydrogen) atoms. The minimum atomic E-state index is 0.162. The second-order valence-electron chi connectivity index (χ2n) is 4.61. The van der Waals surface area contributed by atoms with Crippen LogP contribution in [0.4, 0.5) is 11.4 Å². The van der Waals surface area contributed by atoms with Crippen molar-refractivity contribution in [3.63, 3.8) is 0 Å². The summed E-state index contributed by atoms with van der Waals surface area (Å²) in [7, 11) is 0. The molecule has 1 aliphatic heterocycles. The van der Waals surface area contributed by atoms with E-state index in [1.165, 1.54) is 9.79 Å². The summed E-state index contributed by atoms with van der Waals surface area (Å²) in [5, 5.41) is 7.77. The van der Waals surface area contributed by atoms with E-state index in [-0.39, 0.29) is 5.11 Å². The van der Waals surface area contributed by atoms with Crippen molar-refractivity contribution in [1.29, 1.82) is 0 Å². The van der Waals surface area contributed by atoms with E-state index in [9.17, 15) is 0 Å². The first-order chi connectivity index (χ1) is 10.1. The number of hydrazone groups is 1. The maximum Gasteiger partial charge on any atom is 0.184 e. The van der Waals surface area contributed by atoms with Gasteiger partial charge in [0.1, 0.15) is 0 Å². The maximum absolute atomic E-state index is 5.38. The number of rotatable bonds is 2. The first-order valence-electron chi connectivity index (χ1n) is 6.41. The second kappa shape index (κ2) is 5.75. The third kappa shape index (κ3) is 3.01. The van der Waals surface area contributed by atoms with E-state index in [1.54, 1.807) is 11.8 Å². The van der Waals surface area contributed by atoms with Gasteiger partial charge in [-0.25, -0.2) is 0 Å². The van der Waals surface area contributed by atoms with E-state index in [0.29, 0.717) is 0 Å². The minimum Gasteiger partial charge on any atom is -0.375 e. The van der Waals surface area contributed by atoms with E-state index in [1.807, 2.05) is 25.1 Å². The van der Waals surface area contributed by atoms with Crippen molar-refractivity contribution in [2.75, 3.05) is 5.32 Å². The van der Waals surface area contributed by atoms with Crippen molar-refractivity contribution in [2.45, 2.75) is 16.7 Å². The van der Waals surface area contributed by atoms with Crippen molar-refractivity contribution < 1.29 is 0 Å². The Balaban J connectivity index is 1.90. The fraction of sp³-hybridized carbons (Fsp3) is 0.0667. The predicted octanol–water partition coefficient (Wildman–Crippen LogP) is 3.45. The van der Waals surface area contributed by atoms with Gasteiger partial charge in [-0.15, -0.1) is 0 Å². The number of nitrogens with two attached hydrogens (primary N) is 1. The average molecular weight is 314 g/mol. The highest BCUT2D eigenvalue weighted by Crippen LogP contribution is 2.44. The van der Waals surface area contributed by atoms with Crippen LogP contribution in [-0.4, -0.2) is 10.8 Å². The van der Waals surface area contributed by atoms with Gasteiger partial charge in [-0.3, -0.25) is 5.43 Å². The Morgan fingerprint density at radius 2 is 1.95 bits per heavy atom. The number of thiocarbonyl (C=S) groups is 1. The number of hydrogen-bond donors (Lipinski definition) is 3. The number of anilines is 2. The number of fused-ring (bicyclic) bond motifs is 2. The Morgan fingerprint density at radius 3 is 2.76 bits per heavy atom. The highest BCUT2D eigenvalue weighted by Gasteiger charge is 2.15. The average Bonchev–Trinajstić information content (AvgIpc) is 2.50. The summed E-state index contributed by atoms with van der Waals surface area (Å²) >= 11 is 6.51. The maximum atomic E-state index is 5.38. The normalized spacial score (nSPS) is 12.9. The fourth-order valence-electron chi connectivity index (χ4n) is 2.07. The van der Waals surface area contributed by atoms with Crippen molar-refractivity contribution in [1.82, 2.24) is 5.43 Å². The predicted molar refractivity (Wildman–Crippen MR) is 92.4 cm³/mol. The molecule has 0 spiro atoms. The molecule has 0 saturated heterocycles. The summed E-state index contributed by atoms with van der Waals surface area (Å²) in [6, 6.07) is 14.5. The van der Waals surface area contributed by atoms with Gasteiger partial charge >= 0.3 is 0 Å². The molecule has 4 nitrogen and oxygen atoms in total. The second-order valence-corrected chi connectivity index (χ2v) is 6.13. The molecule has 6 heteroatoms. The molecule has 0 fully saturated rings. The van der Waals surface area contributed by atoms with Crippen LogP contribution in [0, 0.1) is 0 Å². The van der Waals surface area contributed by atoms with Crippen LogP contribution in [0.2, 0.25) is 0 Å². The first kappa shape index (κ1) is 13.9. The molecular formula is C15H14N4S2. The molecule has 2 aromatic carbocycles. The van der Waals surface area contributed by atoms with E-state index in [4.69, 9.17) is 18.0 Å². The monoisotopic (exact) mass is 314 g/mol. The molecule has 0 bridgehead atoms. The lowest BCUT2D eigenvalue weighted by Gasteiger charge is -2.21. The molecular weight excluding hydrogens is 300 g/mol. The van der Waals surface area contributed by atoms with Gasteiger partial charge in [0.15, 0.2) is 5.11 Å². The van der Waals surface area contributed by atoms with Crippen molar-refractivity contribution in [3.05, 3.63) is 48.0 Å². The fourth-order valence-corrected chi connectivity index (χ4v) is 3.08. The summed E-state index contributed by atoms with van der Waals surface area (Å²) in [6.07, 6.45) is 0. The third-order valence-corrected chi connectivity index (χ3v) is 4.35. The van der Waals surface area contributed by atoms with Crippen LogP contribution < -0.4 is 16.5 Å². The van der Waals surface area contributed by atoms with Crippen LogP contribution in [-0.2, 0) is 0 Å². The van der Waals surface area contributed by atoms with Crippen molar-refractivity contribution >= 4 is 46.2 Å². The van der Waals surface area contributed by atoms with Crippen LogP contribution in [0.25, 0.3) is 0 Å². The molecule has 106 valence electrons. The van der Waals surface area contributed by atoms with Gasteiger partial charge in [-0.1, -0.05) is 30.0 Å². The standard InChI is InChI=1S/C15H14N4S2/c1-9(18-19-15(16)20)10-6-7-14-12(8-10)17-11-4-2-3-5-13(11)21-14/h2-8,17H,1H3,(H3,16,19,20). The van der Waals surface area contributed by atoms with Crippen LogP contribution in [0.5, 0.6) is 0 Å². The van der Waals surface area contributed by atoms with Crippen molar-refractivity contribution in [2.24, 2.45) is 10.8 Å². The number of nitrogens with one attached hydrogen (secondary N) is 2. The molecule has 4 N–H and O–H groups in total. The lowest BCUT2D eigenvalue weighted by atomic mass is 10.1. The zero-order chi connectivity index (χ0) is 14.8. The number of nitrogens with zero attached hydrogens (tertiary/aromatic N) is 1. The lowest BCUT2D eigenvalue weighted by molar-refractivity contribution is 1.03. The molecule has 0 unspecified atom stereocenters. The Morgan fingerprint density at radius 1 is 1.19 bits per heavy atom.